The van der Waals surface area contributed by atoms with Crippen molar-refractivity contribution in [3.63, 3.8) is 0 Å². The average Bonchev–Trinajstić information content (AvgIpc) is 3.14. The number of aryl methyl sites for hydroxylation is 1. The lowest BCUT2D eigenvalue weighted by atomic mass is 10.1. The first kappa shape index (κ1) is 14.8. The van der Waals surface area contributed by atoms with Gasteiger partial charge in [-0.1, -0.05) is 18.2 Å². The summed E-state index contributed by atoms with van der Waals surface area (Å²) in [4.78, 5) is 12.5. The van der Waals surface area contributed by atoms with E-state index in [-0.39, 0.29) is 5.91 Å². The van der Waals surface area contributed by atoms with Crippen LogP contribution in [0.1, 0.15) is 34.6 Å². The molecule has 0 saturated carbocycles. The van der Waals surface area contributed by atoms with Gasteiger partial charge in [-0.05, 0) is 45.4 Å². The number of rotatable bonds is 4. The second-order valence-electron chi connectivity index (χ2n) is 5.80. The molecular formula is C17H22N4O. The second-order valence-corrected chi connectivity index (χ2v) is 5.80. The van der Waals surface area contributed by atoms with Gasteiger partial charge in [-0.3, -0.25) is 4.79 Å². The highest BCUT2D eigenvalue weighted by atomic mass is 16.1. The summed E-state index contributed by atoms with van der Waals surface area (Å²) in [6, 6.07) is 10.3. The van der Waals surface area contributed by atoms with Gasteiger partial charge in [0.15, 0.2) is 0 Å². The third-order valence-corrected chi connectivity index (χ3v) is 4.19. The minimum atomic E-state index is -0.0362. The van der Waals surface area contributed by atoms with Crippen molar-refractivity contribution in [2.75, 3.05) is 13.1 Å². The smallest absolute Gasteiger partial charge is 0.255 e. The monoisotopic (exact) mass is 298 g/mol. The molecule has 0 bridgehead atoms. The van der Waals surface area contributed by atoms with E-state index in [1.807, 2.05) is 48.9 Å². The van der Waals surface area contributed by atoms with Crippen LogP contribution in [0.3, 0.4) is 0 Å². The van der Waals surface area contributed by atoms with Crippen LogP contribution in [0.2, 0.25) is 0 Å². The summed E-state index contributed by atoms with van der Waals surface area (Å²) >= 11 is 0. The number of benzene rings is 1. The number of para-hydroxylation sites is 1. The van der Waals surface area contributed by atoms with Crippen LogP contribution in [0.25, 0.3) is 5.69 Å². The molecule has 3 rings (SSSR count). The van der Waals surface area contributed by atoms with Crippen molar-refractivity contribution in [1.82, 2.24) is 20.4 Å². The summed E-state index contributed by atoms with van der Waals surface area (Å²) in [6.07, 6.45) is 2.31. The molecule has 2 aromatic rings. The fourth-order valence-electron chi connectivity index (χ4n) is 3.03. The number of aromatic nitrogens is 2. The lowest BCUT2D eigenvalue weighted by molar-refractivity contribution is 0.0949. The molecule has 22 heavy (non-hydrogen) atoms. The summed E-state index contributed by atoms with van der Waals surface area (Å²) in [5, 5.41) is 10.9. The number of amides is 1. The normalized spacial score (nSPS) is 17.6. The Morgan fingerprint density at radius 2 is 2.14 bits per heavy atom. The fraction of sp³-hybridized carbons (Fsp3) is 0.412. The Hall–Kier alpha value is -2.14. The van der Waals surface area contributed by atoms with Gasteiger partial charge in [0.2, 0.25) is 0 Å². The Morgan fingerprint density at radius 3 is 2.82 bits per heavy atom. The molecule has 0 radical (unpaired) electrons. The van der Waals surface area contributed by atoms with E-state index in [0.717, 1.165) is 30.0 Å². The van der Waals surface area contributed by atoms with E-state index in [9.17, 15) is 4.79 Å². The lowest BCUT2D eigenvalue weighted by Crippen LogP contribution is -2.37. The fourth-order valence-corrected chi connectivity index (χ4v) is 3.03. The Bertz CT molecular complexity index is 657. The Morgan fingerprint density at radius 1 is 1.36 bits per heavy atom. The molecule has 1 aromatic heterocycles. The van der Waals surface area contributed by atoms with Gasteiger partial charge in [0.25, 0.3) is 5.91 Å². The average molecular weight is 298 g/mol. The molecule has 1 saturated heterocycles. The molecule has 1 aromatic carbocycles. The van der Waals surface area contributed by atoms with Gasteiger partial charge in [0.05, 0.1) is 22.6 Å². The van der Waals surface area contributed by atoms with Crippen molar-refractivity contribution in [3.05, 3.63) is 47.3 Å². The molecule has 5 heteroatoms. The molecule has 116 valence electrons. The number of nitrogens with zero attached hydrogens (tertiary/aromatic N) is 2. The molecule has 1 atom stereocenters. The minimum absolute atomic E-state index is 0.0362. The molecule has 0 spiro atoms. The summed E-state index contributed by atoms with van der Waals surface area (Å²) in [5.74, 6) is -0.0362. The molecule has 0 aliphatic carbocycles. The van der Waals surface area contributed by atoms with Gasteiger partial charge < -0.3 is 10.6 Å². The van der Waals surface area contributed by atoms with E-state index in [1.54, 1.807) is 0 Å². The highest BCUT2D eigenvalue weighted by Crippen LogP contribution is 2.17. The van der Waals surface area contributed by atoms with Crippen molar-refractivity contribution in [2.24, 2.45) is 0 Å². The van der Waals surface area contributed by atoms with Crippen LogP contribution < -0.4 is 10.6 Å². The van der Waals surface area contributed by atoms with E-state index in [0.29, 0.717) is 18.2 Å². The quantitative estimate of drug-likeness (QED) is 0.907. The molecule has 1 amide bonds. The van der Waals surface area contributed by atoms with Crippen LogP contribution in [0.15, 0.2) is 30.3 Å². The van der Waals surface area contributed by atoms with Gasteiger partial charge in [-0.25, -0.2) is 4.68 Å². The molecule has 1 aliphatic heterocycles. The molecule has 1 unspecified atom stereocenters. The van der Waals surface area contributed by atoms with Gasteiger partial charge in [-0.2, -0.15) is 5.10 Å². The first-order valence-electron chi connectivity index (χ1n) is 7.80. The summed E-state index contributed by atoms with van der Waals surface area (Å²) in [6.45, 7) is 5.55. The van der Waals surface area contributed by atoms with E-state index in [1.165, 1.54) is 6.42 Å². The molecule has 5 nitrogen and oxygen atoms in total. The zero-order chi connectivity index (χ0) is 15.5. The predicted molar refractivity (Wildman–Crippen MR) is 86.4 cm³/mol. The molecular weight excluding hydrogens is 276 g/mol. The van der Waals surface area contributed by atoms with Crippen molar-refractivity contribution in [1.29, 1.82) is 0 Å². The van der Waals surface area contributed by atoms with Crippen LogP contribution in [0.5, 0.6) is 0 Å². The maximum Gasteiger partial charge on any atom is 0.255 e. The van der Waals surface area contributed by atoms with Crippen molar-refractivity contribution >= 4 is 5.91 Å². The van der Waals surface area contributed by atoms with Crippen LogP contribution in [0, 0.1) is 13.8 Å². The van der Waals surface area contributed by atoms with Crippen LogP contribution in [-0.4, -0.2) is 34.8 Å². The first-order valence-corrected chi connectivity index (χ1v) is 7.80. The first-order chi connectivity index (χ1) is 10.7. The van der Waals surface area contributed by atoms with Crippen molar-refractivity contribution in [2.45, 2.75) is 32.7 Å². The molecule has 1 aliphatic rings. The van der Waals surface area contributed by atoms with Crippen molar-refractivity contribution < 1.29 is 4.79 Å². The largest absolute Gasteiger partial charge is 0.350 e. The van der Waals surface area contributed by atoms with Gasteiger partial charge in [0.1, 0.15) is 0 Å². The van der Waals surface area contributed by atoms with Crippen LogP contribution in [-0.2, 0) is 0 Å². The molecule has 1 fully saturated rings. The number of hydrogen-bond acceptors (Lipinski definition) is 3. The minimum Gasteiger partial charge on any atom is -0.350 e. The van der Waals surface area contributed by atoms with E-state index >= 15 is 0 Å². The third kappa shape index (κ3) is 2.90. The Labute approximate surface area is 130 Å². The van der Waals surface area contributed by atoms with E-state index < -0.39 is 0 Å². The molecule has 2 heterocycles. The van der Waals surface area contributed by atoms with E-state index in [2.05, 4.69) is 15.7 Å². The van der Waals surface area contributed by atoms with Gasteiger partial charge in [-0.15, -0.1) is 0 Å². The predicted octanol–water partition coefficient (Wildman–Crippen LogP) is 1.97. The molecule has 2 N–H and O–H groups in total. The van der Waals surface area contributed by atoms with E-state index in [4.69, 9.17) is 0 Å². The van der Waals surface area contributed by atoms with Gasteiger partial charge in [0, 0.05) is 12.6 Å². The second kappa shape index (κ2) is 6.32. The highest BCUT2D eigenvalue weighted by Gasteiger charge is 2.21. The summed E-state index contributed by atoms with van der Waals surface area (Å²) in [5.41, 5.74) is 3.29. The number of hydrogen-bond donors (Lipinski definition) is 2. The third-order valence-electron chi connectivity index (χ3n) is 4.19. The zero-order valence-electron chi connectivity index (χ0n) is 13.1. The van der Waals surface area contributed by atoms with Crippen LogP contribution in [0.4, 0.5) is 0 Å². The van der Waals surface area contributed by atoms with Crippen LogP contribution >= 0.6 is 0 Å². The number of carbonyl (C=O) groups excluding carboxylic acids is 1. The SMILES string of the molecule is Cc1nn(-c2ccccc2)c(C)c1C(=O)NCC1CCCN1. The standard InChI is InChI=1S/C17H22N4O/c1-12-16(17(22)19-11-14-7-6-10-18-14)13(2)21(20-12)15-8-4-3-5-9-15/h3-5,8-9,14,18H,6-7,10-11H2,1-2H3,(H,19,22). The maximum atomic E-state index is 12.5. The number of carbonyl (C=O) groups is 1. The zero-order valence-corrected chi connectivity index (χ0v) is 13.1. The highest BCUT2D eigenvalue weighted by molar-refractivity contribution is 5.96. The maximum absolute atomic E-state index is 12.5. The lowest BCUT2D eigenvalue weighted by Gasteiger charge is -2.11. The summed E-state index contributed by atoms with van der Waals surface area (Å²) < 4.78 is 1.83. The Kier molecular flexibility index (Phi) is 4.24. The van der Waals surface area contributed by atoms with Gasteiger partial charge >= 0.3 is 0 Å². The van der Waals surface area contributed by atoms with Crippen molar-refractivity contribution in [3.8, 4) is 5.69 Å². The number of nitrogens with one attached hydrogen (secondary N) is 2. The summed E-state index contributed by atoms with van der Waals surface area (Å²) in [7, 11) is 0. The topological polar surface area (TPSA) is 59.0 Å². The Balaban J connectivity index is 1.78.